The van der Waals surface area contributed by atoms with Crippen LogP contribution in [0.1, 0.15) is 10.5 Å². The molecule has 0 spiro atoms. The van der Waals surface area contributed by atoms with Crippen LogP contribution in [0, 0.1) is 0 Å². The van der Waals surface area contributed by atoms with Crippen molar-refractivity contribution in [1.82, 2.24) is 30.2 Å². The maximum absolute atomic E-state index is 12.4. The van der Waals surface area contributed by atoms with Crippen molar-refractivity contribution in [2.45, 2.75) is 0 Å². The number of nitrogens with zero attached hydrogens (tertiary/aromatic N) is 6. The summed E-state index contributed by atoms with van der Waals surface area (Å²) in [6.07, 6.45) is 2.94. The Labute approximate surface area is 136 Å². The average Bonchev–Trinajstić information content (AvgIpc) is 3.16. The van der Waals surface area contributed by atoms with Gasteiger partial charge in [0, 0.05) is 5.69 Å². The van der Waals surface area contributed by atoms with E-state index in [-0.39, 0.29) is 11.6 Å². The molecular formula is C16H11N7O. The average molecular weight is 317 g/mol. The minimum absolute atomic E-state index is 0.251. The van der Waals surface area contributed by atoms with Crippen LogP contribution in [0.25, 0.3) is 16.7 Å². The number of anilines is 1. The number of aromatic nitrogens is 6. The fourth-order valence-electron chi connectivity index (χ4n) is 2.27. The zero-order valence-corrected chi connectivity index (χ0v) is 12.4. The first kappa shape index (κ1) is 13.9. The van der Waals surface area contributed by atoms with E-state index in [9.17, 15) is 4.79 Å². The SMILES string of the molecule is O=C(Nc1cccc(-n2cnnn2)c1)c1cnc2ccccc2n1. The van der Waals surface area contributed by atoms with Crippen LogP contribution in [0.15, 0.2) is 61.1 Å². The standard InChI is InChI=1S/C16H11N7O/c24-16(15-9-17-13-6-1-2-7-14(13)20-15)19-11-4-3-5-12(8-11)23-10-18-21-22-23/h1-10H,(H,19,24). The summed E-state index contributed by atoms with van der Waals surface area (Å²) >= 11 is 0. The normalized spacial score (nSPS) is 10.7. The third-order valence-corrected chi connectivity index (χ3v) is 3.40. The van der Waals surface area contributed by atoms with E-state index in [4.69, 9.17) is 0 Å². The number of hydrogen-bond donors (Lipinski definition) is 1. The van der Waals surface area contributed by atoms with Gasteiger partial charge in [0.2, 0.25) is 0 Å². The molecule has 2 aromatic carbocycles. The van der Waals surface area contributed by atoms with Crippen LogP contribution in [-0.2, 0) is 0 Å². The molecule has 0 saturated heterocycles. The summed E-state index contributed by atoms with van der Waals surface area (Å²) in [4.78, 5) is 21.0. The predicted molar refractivity (Wildman–Crippen MR) is 86.6 cm³/mol. The van der Waals surface area contributed by atoms with Crippen LogP contribution in [0.2, 0.25) is 0 Å². The molecule has 2 heterocycles. The molecule has 0 saturated carbocycles. The van der Waals surface area contributed by atoms with Gasteiger partial charge >= 0.3 is 0 Å². The van der Waals surface area contributed by atoms with E-state index in [0.29, 0.717) is 11.2 Å². The van der Waals surface area contributed by atoms with E-state index >= 15 is 0 Å². The largest absolute Gasteiger partial charge is 0.321 e. The van der Waals surface area contributed by atoms with E-state index in [1.165, 1.54) is 17.2 Å². The van der Waals surface area contributed by atoms with Crippen LogP contribution in [0.5, 0.6) is 0 Å². The van der Waals surface area contributed by atoms with Gasteiger partial charge in [-0.3, -0.25) is 9.78 Å². The van der Waals surface area contributed by atoms with E-state index in [1.54, 1.807) is 18.2 Å². The van der Waals surface area contributed by atoms with E-state index < -0.39 is 0 Å². The fourth-order valence-corrected chi connectivity index (χ4v) is 2.27. The van der Waals surface area contributed by atoms with Gasteiger partial charge in [0.05, 0.1) is 22.9 Å². The Kier molecular flexibility index (Phi) is 3.39. The quantitative estimate of drug-likeness (QED) is 0.619. The first-order valence-electron chi connectivity index (χ1n) is 7.16. The van der Waals surface area contributed by atoms with Crippen molar-refractivity contribution in [2.75, 3.05) is 5.32 Å². The summed E-state index contributed by atoms with van der Waals surface area (Å²) < 4.78 is 1.51. The fraction of sp³-hybridized carbons (Fsp3) is 0. The Morgan fingerprint density at radius 1 is 1.04 bits per heavy atom. The molecule has 116 valence electrons. The second-order valence-electron chi connectivity index (χ2n) is 5.00. The second kappa shape index (κ2) is 5.84. The van der Waals surface area contributed by atoms with Crippen LogP contribution in [-0.4, -0.2) is 36.1 Å². The van der Waals surface area contributed by atoms with Gasteiger partial charge in [-0.25, -0.2) is 9.67 Å². The Morgan fingerprint density at radius 3 is 2.75 bits per heavy atom. The Bertz CT molecular complexity index is 1010. The van der Waals surface area contributed by atoms with Crippen molar-refractivity contribution in [3.05, 3.63) is 66.7 Å². The van der Waals surface area contributed by atoms with E-state index in [1.807, 2.05) is 30.3 Å². The molecule has 0 unspecified atom stereocenters. The third-order valence-electron chi connectivity index (χ3n) is 3.40. The van der Waals surface area contributed by atoms with Crippen molar-refractivity contribution < 1.29 is 4.79 Å². The smallest absolute Gasteiger partial charge is 0.275 e. The lowest BCUT2D eigenvalue weighted by molar-refractivity contribution is 0.102. The molecule has 0 radical (unpaired) electrons. The molecule has 4 rings (SSSR count). The van der Waals surface area contributed by atoms with Gasteiger partial charge in [-0.2, -0.15) is 0 Å². The number of amides is 1. The lowest BCUT2D eigenvalue weighted by atomic mass is 10.2. The van der Waals surface area contributed by atoms with E-state index in [2.05, 4.69) is 30.8 Å². The van der Waals surface area contributed by atoms with Gasteiger partial charge < -0.3 is 5.32 Å². The topological polar surface area (TPSA) is 98.5 Å². The van der Waals surface area contributed by atoms with Gasteiger partial charge in [0.15, 0.2) is 0 Å². The van der Waals surface area contributed by atoms with Crippen molar-refractivity contribution >= 4 is 22.6 Å². The number of fused-ring (bicyclic) bond motifs is 1. The Morgan fingerprint density at radius 2 is 1.92 bits per heavy atom. The molecule has 4 aromatic rings. The minimum Gasteiger partial charge on any atom is -0.321 e. The molecule has 0 aliphatic heterocycles. The first-order valence-corrected chi connectivity index (χ1v) is 7.16. The summed E-state index contributed by atoms with van der Waals surface area (Å²) in [6, 6.07) is 14.6. The highest BCUT2D eigenvalue weighted by Gasteiger charge is 2.10. The number of tetrazole rings is 1. The lowest BCUT2D eigenvalue weighted by Crippen LogP contribution is -2.14. The summed E-state index contributed by atoms with van der Waals surface area (Å²) in [6.45, 7) is 0. The number of hydrogen-bond acceptors (Lipinski definition) is 6. The van der Waals surface area contributed by atoms with Crippen LogP contribution < -0.4 is 5.32 Å². The molecule has 0 fully saturated rings. The van der Waals surface area contributed by atoms with Crippen LogP contribution in [0.3, 0.4) is 0 Å². The van der Waals surface area contributed by atoms with Gasteiger partial charge in [-0.05, 0) is 40.8 Å². The van der Waals surface area contributed by atoms with Gasteiger partial charge in [0.1, 0.15) is 12.0 Å². The number of para-hydroxylation sites is 2. The number of nitrogens with one attached hydrogen (secondary N) is 1. The number of benzene rings is 2. The first-order chi connectivity index (χ1) is 11.8. The monoisotopic (exact) mass is 317 g/mol. The highest BCUT2D eigenvalue weighted by atomic mass is 16.1. The van der Waals surface area contributed by atoms with Crippen LogP contribution in [0.4, 0.5) is 5.69 Å². The third kappa shape index (κ3) is 2.68. The molecule has 8 nitrogen and oxygen atoms in total. The molecule has 0 aliphatic rings. The van der Waals surface area contributed by atoms with E-state index in [0.717, 1.165) is 11.2 Å². The van der Waals surface area contributed by atoms with Crippen molar-refractivity contribution in [3.8, 4) is 5.69 Å². The predicted octanol–water partition coefficient (Wildman–Crippen LogP) is 1.86. The highest BCUT2D eigenvalue weighted by Crippen LogP contribution is 2.15. The zero-order valence-electron chi connectivity index (χ0n) is 12.4. The molecule has 2 aromatic heterocycles. The number of rotatable bonds is 3. The highest BCUT2D eigenvalue weighted by molar-refractivity contribution is 6.03. The maximum Gasteiger partial charge on any atom is 0.275 e. The summed E-state index contributed by atoms with van der Waals surface area (Å²) in [7, 11) is 0. The van der Waals surface area contributed by atoms with Crippen molar-refractivity contribution in [2.24, 2.45) is 0 Å². The molecular weight excluding hydrogens is 306 g/mol. The summed E-state index contributed by atoms with van der Waals surface area (Å²) in [5.74, 6) is -0.331. The molecule has 0 atom stereocenters. The maximum atomic E-state index is 12.4. The molecule has 0 bridgehead atoms. The van der Waals surface area contributed by atoms with Crippen LogP contribution >= 0.6 is 0 Å². The minimum atomic E-state index is -0.331. The molecule has 24 heavy (non-hydrogen) atoms. The van der Waals surface area contributed by atoms with Gasteiger partial charge in [-0.15, -0.1) is 5.10 Å². The van der Waals surface area contributed by atoms with Gasteiger partial charge in [0.25, 0.3) is 5.91 Å². The van der Waals surface area contributed by atoms with Crippen molar-refractivity contribution in [1.29, 1.82) is 0 Å². The molecule has 1 amide bonds. The zero-order chi connectivity index (χ0) is 16.4. The molecule has 8 heteroatoms. The molecule has 0 aliphatic carbocycles. The Hall–Kier alpha value is -3.68. The Balaban J connectivity index is 1.60. The summed E-state index contributed by atoms with van der Waals surface area (Å²) in [5.41, 5.74) is 3.02. The second-order valence-corrected chi connectivity index (χ2v) is 5.00. The summed E-state index contributed by atoms with van der Waals surface area (Å²) in [5, 5.41) is 13.8. The molecule has 1 N–H and O–H groups in total. The number of carbonyl (C=O) groups excluding carboxylic acids is 1. The van der Waals surface area contributed by atoms with Gasteiger partial charge in [-0.1, -0.05) is 18.2 Å². The van der Waals surface area contributed by atoms with Crippen molar-refractivity contribution in [3.63, 3.8) is 0 Å². The lowest BCUT2D eigenvalue weighted by Gasteiger charge is -2.07. The number of carbonyl (C=O) groups is 1.